The molecule has 2 unspecified atom stereocenters. The molecule has 0 N–H and O–H groups in total. The average molecular weight is 198 g/mol. The molecular formula is C13H14N2. The lowest BCUT2D eigenvalue weighted by Crippen LogP contribution is -2.19. The Bertz CT molecular complexity index is 499. The van der Waals surface area contributed by atoms with E-state index < -0.39 is 0 Å². The van der Waals surface area contributed by atoms with Gasteiger partial charge in [0.1, 0.15) is 0 Å². The zero-order valence-corrected chi connectivity index (χ0v) is 9.01. The van der Waals surface area contributed by atoms with Crippen LogP contribution in [0.15, 0.2) is 36.5 Å². The van der Waals surface area contributed by atoms with Crippen molar-refractivity contribution >= 4 is 0 Å². The summed E-state index contributed by atoms with van der Waals surface area (Å²) in [6, 6.07) is 10.7. The highest BCUT2D eigenvalue weighted by Crippen LogP contribution is 2.40. The van der Waals surface area contributed by atoms with E-state index in [0.29, 0.717) is 11.8 Å². The number of fused-ring (bicyclic) bond motifs is 3. The van der Waals surface area contributed by atoms with Crippen molar-refractivity contribution in [2.75, 3.05) is 0 Å². The summed E-state index contributed by atoms with van der Waals surface area (Å²) in [5.74, 6) is 1.12. The fraction of sp³-hybridized carbons (Fsp3) is 0.308. The molecule has 2 heterocycles. The van der Waals surface area contributed by atoms with Gasteiger partial charge in [-0.25, -0.2) is 4.68 Å². The topological polar surface area (TPSA) is 17.8 Å². The number of nitrogens with zero attached hydrogens (tertiary/aromatic N) is 2. The van der Waals surface area contributed by atoms with Crippen LogP contribution >= 0.6 is 0 Å². The van der Waals surface area contributed by atoms with Crippen LogP contribution in [0.3, 0.4) is 0 Å². The third-order valence-electron chi connectivity index (χ3n) is 3.54. The van der Waals surface area contributed by atoms with E-state index >= 15 is 0 Å². The lowest BCUT2D eigenvalue weighted by atomic mass is 9.83. The quantitative estimate of drug-likeness (QED) is 0.636. The molecule has 1 aliphatic rings. The van der Waals surface area contributed by atoms with Crippen LogP contribution in [-0.4, -0.2) is 9.78 Å². The predicted molar refractivity (Wildman–Crippen MR) is 60.4 cm³/mol. The minimum Gasteiger partial charge on any atom is -0.237 e. The first-order valence-corrected chi connectivity index (χ1v) is 5.42. The fourth-order valence-corrected chi connectivity index (χ4v) is 2.45. The van der Waals surface area contributed by atoms with E-state index in [9.17, 15) is 0 Å². The maximum absolute atomic E-state index is 4.40. The third-order valence-corrected chi connectivity index (χ3v) is 3.54. The molecule has 2 nitrogen and oxygen atoms in total. The van der Waals surface area contributed by atoms with Gasteiger partial charge in [-0.3, -0.25) is 0 Å². The van der Waals surface area contributed by atoms with Crippen LogP contribution in [0.25, 0.3) is 5.69 Å². The summed E-state index contributed by atoms with van der Waals surface area (Å²) in [7, 11) is 0. The lowest BCUT2D eigenvalue weighted by Gasteiger charge is -2.29. The first-order valence-electron chi connectivity index (χ1n) is 5.42. The van der Waals surface area contributed by atoms with Gasteiger partial charge in [-0.2, -0.15) is 5.10 Å². The number of benzene rings is 1. The van der Waals surface area contributed by atoms with Gasteiger partial charge in [0.25, 0.3) is 0 Å². The molecule has 2 heteroatoms. The van der Waals surface area contributed by atoms with Crippen molar-refractivity contribution in [3.8, 4) is 5.69 Å². The van der Waals surface area contributed by atoms with Crippen LogP contribution in [0.2, 0.25) is 0 Å². The minimum atomic E-state index is 0.544. The number of hydrogen-bond acceptors (Lipinski definition) is 1. The Kier molecular flexibility index (Phi) is 1.72. The molecule has 0 saturated heterocycles. The van der Waals surface area contributed by atoms with Crippen molar-refractivity contribution in [3.63, 3.8) is 0 Å². The number of hydrogen-bond donors (Lipinski definition) is 0. The number of aromatic nitrogens is 2. The molecule has 0 fully saturated rings. The summed E-state index contributed by atoms with van der Waals surface area (Å²) in [4.78, 5) is 0. The van der Waals surface area contributed by atoms with Gasteiger partial charge in [0.15, 0.2) is 0 Å². The summed E-state index contributed by atoms with van der Waals surface area (Å²) in [5, 5.41) is 4.40. The average Bonchev–Trinajstić information content (AvgIpc) is 2.75. The SMILES string of the molecule is CC1c2ccccc2-n2nccc2C1C. The molecule has 0 spiro atoms. The summed E-state index contributed by atoms with van der Waals surface area (Å²) >= 11 is 0. The van der Waals surface area contributed by atoms with Gasteiger partial charge in [-0.05, 0) is 23.6 Å². The second kappa shape index (κ2) is 2.96. The highest BCUT2D eigenvalue weighted by atomic mass is 15.3. The minimum absolute atomic E-state index is 0.544. The predicted octanol–water partition coefficient (Wildman–Crippen LogP) is 3.09. The van der Waals surface area contributed by atoms with Crippen molar-refractivity contribution in [3.05, 3.63) is 47.8 Å². The Balaban J connectivity index is 2.32. The van der Waals surface area contributed by atoms with Crippen molar-refractivity contribution in [2.45, 2.75) is 25.7 Å². The molecule has 15 heavy (non-hydrogen) atoms. The molecule has 0 radical (unpaired) electrons. The standard InChI is InChI=1S/C13H14N2/c1-9-10(2)12-7-8-14-15(12)13-6-4-3-5-11(9)13/h3-10H,1-2H3. The Hall–Kier alpha value is -1.57. The maximum atomic E-state index is 4.40. The second-order valence-corrected chi connectivity index (χ2v) is 4.30. The molecule has 2 aromatic rings. The molecule has 1 aromatic heterocycles. The van der Waals surface area contributed by atoms with Crippen LogP contribution in [0.5, 0.6) is 0 Å². The van der Waals surface area contributed by atoms with Gasteiger partial charge in [-0.15, -0.1) is 0 Å². The maximum Gasteiger partial charge on any atom is 0.0683 e. The highest BCUT2D eigenvalue weighted by Gasteiger charge is 2.27. The second-order valence-electron chi connectivity index (χ2n) is 4.30. The van der Waals surface area contributed by atoms with Crippen LogP contribution < -0.4 is 0 Å². The fourth-order valence-electron chi connectivity index (χ4n) is 2.45. The first-order chi connectivity index (χ1) is 7.29. The van der Waals surface area contributed by atoms with Crippen molar-refractivity contribution in [1.29, 1.82) is 0 Å². The van der Waals surface area contributed by atoms with E-state index in [4.69, 9.17) is 0 Å². The van der Waals surface area contributed by atoms with Crippen molar-refractivity contribution < 1.29 is 0 Å². The summed E-state index contributed by atoms with van der Waals surface area (Å²) in [6.45, 7) is 4.56. The largest absolute Gasteiger partial charge is 0.237 e. The van der Waals surface area contributed by atoms with E-state index in [1.165, 1.54) is 16.9 Å². The van der Waals surface area contributed by atoms with Gasteiger partial charge in [0.2, 0.25) is 0 Å². The normalized spacial score (nSPS) is 23.3. The molecule has 0 bridgehead atoms. The lowest BCUT2D eigenvalue weighted by molar-refractivity contribution is 0.552. The number of para-hydroxylation sites is 1. The number of rotatable bonds is 0. The third kappa shape index (κ3) is 1.08. The Morgan fingerprint density at radius 3 is 2.73 bits per heavy atom. The molecule has 1 aromatic carbocycles. The van der Waals surface area contributed by atoms with Crippen LogP contribution in [-0.2, 0) is 0 Å². The van der Waals surface area contributed by atoms with Gasteiger partial charge < -0.3 is 0 Å². The smallest absolute Gasteiger partial charge is 0.0683 e. The van der Waals surface area contributed by atoms with E-state index in [0.717, 1.165) is 0 Å². The molecule has 1 aliphatic heterocycles. The molecule has 0 amide bonds. The Labute approximate surface area is 89.5 Å². The zero-order chi connectivity index (χ0) is 10.4. The van der Waals surface area contributed by atoms with E-state index in [2.05, 4.69) is 54.0 Å². The first kappa shape index (κ1) is 8.72. The van der Waals surface area contributed by atoms with Gasteiger partial charge >= 0.3 is 0 Å². The highest BCUT2D eigenvalue weighted by molar-refractivity contribution is 5.48. The van der Waals surface area contributed by atoms with Gasteiger partial charge in [-0.1, -0.05) is 32.0 Å². The van der Waals surface area contributed by atoms with E-state index in [-0.39, 0.29) is 0 Å². The molecule has 2 atom stereocenters. The van der Waals surface area contributed by atoms with Crippen molar-refractivity contribution in [1.82, 2.24) is 9.78 Å². The van der Waals surface area contributed by atoms with Gasteiger partial charge in [0.05, 0.1) is 5.69 Å². The molecule has 0 saturated carbocycles. The van der Waals surface area contributed by atoms with Gasteiger partial charge in [0, 0.05) is 17.8 Å². The van der Waals surface area contributed by atoms with Crippen LogP contribution in [0, 0.1) is 0 Å². The Morgan fingerprint density at radius 1 is 1.07 bits per heavy atom. The van der Waals surface area contributed by atoms with Crippen molar-refractivity contribution in [2.24, 2.45) is 0 Å². The molecule has 3 rings (SSSR count). The van der Waals surface area contributed by atoms with Crippen LogP contribution in [0.1, 0.15) is 36.9 Å². The monoisotopic (exact) mass is 198 g/mol. The molecule has 0 aliphatic carbocycles. The van der Waals surface area contributed by atoms with E-state index in [1.807, 2.05) is 6.20 Å². The Morgan fingerprint density at radius 2 is 1.87 bits per heavy atom. The van der Waals surface area contributed by atoms with E-state index in [1.54, 1.807) is 0 Å². The zero-order valence-electron chi connectivity index (χ0n) is 9.01. The summed E-state index contributed by atoms with van der Waals surface area (Å²) in [5.41, 5.74) is 3.96. The molecular weight excluding hydrogens is 184 g/mol. The van der Waals surface area contributed by atoms with Crippen LogP contribution in [0.4, 0.5) is 0 Å². The summed E-state index contributed by atoms with van der Waals surface area (Å²) in [6.07, 6.45) is 1.89. The summed E-state index contributed by atoms with van der Waals surface area (Å²) < 4.78 is 2.07. The molecule has 76 valence electrons.